The molecule has 0 saturated carbocycles. The van der Waals surface area contributed by atoms with Crippen LogP contribution in [0.15, 0.2) is 0 Å². The fraction of sp³-hybridized carbons (Fsp3) is 1.00. The van der Waals surface area contributed by atoms with Gasteiger partial charge in [0.15, 0.2) is 0 Å². The second-order valence-corrected chi connectivity index (χ2v) is 4.25. The largest absolute Gasteiger partial charge is 0.418 e. The van der Waals surface area contributed by atoms with E-state index in [9.17, 15) is 0 Å². The van der Waals surface area contributed by atoms with Gasteiger partial charge in [0.25, 0.3) is 0 Å². The Bertz CT molecular complexity index is 105. The molecule has 10 heavy (non-hydrogen) atoms. The molecule has 0 N–H and O–H groups in total. The van der Waals surface area contributed by atoms with Gasteiger partial charge in [-0.25, -0.2) is 0 Å². The minimum Gasteiger partial charge on any atom is -0.395 e. The molecule has 4 heteroatoms. The van der Waals surface area contributed by atoms with Gasteiger partial charge in [-0.3, -0.25) is 0 Å². The number of rotatable bonds is 4. The van der Waals surface area contributed by atoms with E-state index in [0.29, 0.717) is 6.10 Å². The first kappa shape index (κ1) is 8.20. The van der Waals surface area contributed by atoms with Crippen LogP contribution in [0.3, 0.4) is 0 Å². The first-order valence-electron chi connectivity index (χ1n) is 3.43. The molecule has 1 saturated heterocycles. The van der Waals surface area contributed by atoms with Crippen LogP contribution in [0, 0.1) is 0 Å². The lowest BCUT2D eigenvalue weighted by molar-refractivity contribution is 0.257. The molecule has 3 nitrogen and oxygen atoms in total. The van der Waals surface area contributed by atoms with Crippen LogP contribution in [0.5, 0.6) is 0 Å². The van der Waals surface area contributed by atoms with E-state index < -0.39 is 9.28 Å². The molecule has 1 heterocycles. The van der Waals surface area contributed by atoms with Crippen molar-refractivity contribution in [1.82, 2.24) is 0 Å². The SMILES string of the molecule is CCC1OC1[Si](OC)OC. The molecule has 0 bridgehead atoms. The van der Waals surface area contributed by atoms with Gasteiger partial charge in [-0.1, -0.05) is 6.92 Å². The van der Waals surface area contributed by atoms with Gasteiger partial charge in [0.1, 0.15) is 5.73 Å². The number of epoxide rings is 1. The van der Waals surface area contributed by atoms with Gasteiger partial charge in [0.05, 0.1) is 6.10 Å². The molecule has 0 aromatic rings. The Hall–Kier alpha value is 0.0969. The van der Waals surface area contributed by atoms with Crippen LogP contribution in [0.1, 0.15) is 13.3 Å². The minimum absolute atomic E-state index is 0.269. The third-order valence-corrected chi connectivity index (χ3v) is 3.40. The summed E-state index contributed by atoms with van der Waals surface area (Å²) in [4.78, 5) is 0. The van der Waals surface area contributed by atoms with Crippen LogP contribution < -0.4 is 0 Å². The van der Waals surface area contributed by atoms with Crippen molar-refractivity contribution in [3.05, 3.63) is 0 Å². The van der Waals surface area contributed by atoms with Gasteiger partial charge < -0.3 is 13.6 Å². The molecule has 2 unspecified atom stereocenters. The van der Waals surface area contributed by atoms with Crippen molar-refractivity contribution in [1.29, 1.82) is 0 Å². The molecule has 0 aliphatic carbocycles. The summed E-state index contributed by atoms with van der Waals surface area (Å²) in [5.41, 5.74) is 0.269. The zero-order valence-electron chi connectivity index (χ0n) is 6.59. The van der Waals surface area contributed by atoms with Crippen molar-refractivity contribution in [3.8, 4) is 0 Å². The van der Waals surface area contributed by atoms with Crippen LogP contribution in [0.2, 0.25) is 0 Å². The summed E-state index contributed by atoms with van der Waals surface area (Å²) in [6, 6.07) is 0. The highest BCUT2D eigenvalue weighted by atomic mass is 28.3. The van der Waals surface area contributed by atoms with E-state index in [-0.39, 0.29) is 5.73 Å². The van der Waals surface area contributed by atoms with Crippen molar-refractivity contribution in [3.63, 3.8) is 0 Å². The Morgan fingerprint density at radius 2 is 2.00 bits per heavy atom. The minimum atomic E-state index is -1.11. The summed E-state index contributed by atoms with van der Waals surface area (Å²) in [6.45, 7) is 2.11. The van der Waals surface area contributed by atoms with E-state index in [4.69, 9.17) is 13.6 Å². The smallest absolute Gasteiger partial charge is 0.395 e. The monoisotopic (exact) mass is 161 g/mol. The molecule has 59 valence electrons. The molecule has 0 aromatic heterocycles. The van der Waals surface area contributed by atoms with Gasteiger partial charge in [-0.15, -0.1) is 0 Å². The summed E-state index contributed by atoms with van der Waals surface area (Å²) in [5.74, 6) is 0. The Morgan fingerprint density at radius 3 is 2.30 bits per heavy atom. The van der Waals surface area contributed by atoms with Gasteiger partial charge >= 0.3 is 9.28 Å². The average molecular weight is 161 g/mol. The van der Waals surface area contributed by atoms with E-state index in [2.05, 4.69) is 6.92 Å². The predicted molar refractivity (Wildman–Crippen MR) is 38.7 cm³/mol. The second-order valence-electron chi connectivity index (χ2n) is 2.23. The lowest BCUT2D eigenvalue weighted by Gasteiger charge is -2.04. The highest BCUT2D eigenvalue weighted by Gasteiger charge is 2.47. The van der Waals surface area contributed by atoms with Gasteiger partial charge in [-0.2, -0.15) is 0 Å². The third kappa shape index (κ3) is 1.57. The lowest BCUT2D eigenvalue weighted by Crippen LogP contribution is -2.28. The number of hydrogen-bond acceptors (Lipinski definition) is 3. The number of ether oxygens (including phenoxy) is 1. The predicted octanol–water partition coefficient (Wildman–Crippen LogP) is 0.484. The fourth-order valence-corrected chi connectivity index (χ4v) is 2.43. The summed E-state index contributed by atoms with van der Waals surface area (Å²) < 4.78 is 15.5. The van der Waals surface area contributed by atoms with Crippen molar-refractivity contribution >= 4 is 9.28 Å². The van der Waals surface area contributed by atoms with E-state index in [0.717, 1.165) is 6.42 Å². The molecule has 0 aromatic carbocycles. The van der Waals surface area contributed by atoms with Crippen LogP contribution in [-0.4, -0.2) is 35.3 Å². The van der Waals surface area contributed by atoms with Crippen LogP contribution in [0.4, 0.5) is 0 Å². The van der Waals surface area contributed by atoms with Gasteiger partial charge in [-0.05, 0) is 6.42 Å². The Labute approximate surface area is 63.1 Å². The van der Waals surface area contributed by atoms with E-state index in [1.165, 1.54) is 0 Å². The molecule has 1 fully saturated rings. The summed E-state index contributed by atoms with van der Waals surface area (Å²) in [7, 11) is 2.23. The van der Waals surface area contributed by atoms with E-state index >= 15 is 0 Å². The Balaban J connectivity index is 2.22. The maximum Gasteiger partial charge on any atom is 0.418 e. The molecule has 1 aliphatic rings. The lowest BCUT2D eigenvalue weighted by atomic mass is 10.4. The summed E-state index contributed by atoms with van der Waals surface area (Å²) in [6.07, 6.45) is 1.46. The first-order chi connectivity index (χ1) is 4.83. The third-order valence-electron chi connectivity index (χ3n) is 1.62. The highest BCUT2D eigenvalue weighted by molar-refractivity contribution is 6.47. The second kappa shape index (κ2) is 3.48. The zero-order valence-corrected chi connectivity index (χ0v) is 7.59. The van der Waals surface area contributed by atoms with Crippen LogP contribution in [0.25, 0.3) is 0 Å². The van der Waals surface area contributed by atoms with Gasteiger partial charge in [0, 0.05) is 14.2 Å². The van der Waals surface area contributed by atoms with Gasteiger partial charge in [0.2, 0.25) is 0 Å². The highest BCUT2D eigenvalue weighted by Crippen LogP contribution is 2.27. The standard InChI is InChI=1S/C6H13O3Si/c1-4-5-6(9-5)10(7-2)8-3/h5-6H,4H2,1-3H3. The molecular weight excluding hydrogens is 148 g/mol. The van der Waals surface area contributed by atoms with E-state index in [1.807, 2.05) is 0 Å². The van der Waals surface area contributed by atoms with Crippen LogP contribution in [-0.2, 0) is 13.6 Å². The fourth-order valence-electron chi connectivity index (χ4n) is 0.976. The first-order valence-corrected chi connectivity index (χ1v) is 4.83. The van der Waals surface area contributed by atoms with Crippen molar-refractivity contribution in [2.75, 3.05) is 14.2 Å². The van der Waals surface area contributed by atoms with Crippen LogP contribution >= 0.6 is 0 Å². The van der Waals surface area contributed by atoms with Crippen molar-refractivity contribution in [2.24, 2.45) is 0 Å². The number of hydrogen-bond donors (Lipinski definition) is 0. The molecule has 2 atom stereocenters. The Kier molecular flexibility index (Phi) is 2.85. The molecule has 0 amide bonds. The van der Waals surface area contributed by atoms with E-state index in [1.54, 1.807) is 14.2 Å². The Morgan fingerprint density at radius 1 is 1.40 bits per heavy atom. The maximum atomic E-state index is 5.31. The summed E-state index contributed by atoms with van der Waals surface area (Å²) >= 11 is 0. The molecule has 1 rings (SSSR count). The van der Waals surface area contributed by atoms with Crippen molar-refractivity contribution < 1.29 is 13.6 Å². The molecular formula is C6H13O3Si. The zero-order chi connectivity index (χ0) is 7.56. The molecule has 1 aliphatic heterocycles. The average Bonchev–Trinajstić information content (AvgIpc) is 2.70. The topological polar surface area (TPSA) is 31.0 Å². The maximum absolute atomic E-state index is 5.31. The normalized spacial score (nSPS) is 31.2. The summed E-state index contributed by atoms with van der Waals surface area (Å²) in [5, 5.41) is 0. The molecule has 1 radical (unpaired) electrons. The molecule has 0 spiro atoms. The quantitative estimate of drug-likeness (QED) is 0.444. The van der Waals surface area contributed by atoms with Crippen molar-refractivity contribution in [2.45, 2.75) is 25.2 Å².